The van der Waals surface area contributed by atoms with Crippen LogP contribution in [0.25, 0.3) is 6.08 Å². The van der Waals surface area contributed by atoms with Gasteiger partial charge in [0.2, 0.25) is 0 Å². The van der Waals surface area contributed by atoms with Crippen molar-refractivity contribution < 1.29 is 33.3 Å². The van der Waals surface area contributed by atoms with Crippen molar-refractivity contribution in [2.75, 3.05) is 34.0 Å². The summed E-state index contributed by atoms with van der Waals surface area (Å²) >= 11 is 1.21. The van der Waals surface area contributed by atoms with Crippen LogP contribution in [0.1, 0.15) is 31.0 Å². The van der Waals surface area contributed by atoms with Gasteiger partial charge in [-0.2, -0.15) is 0 Å². The van der Waals surface area contributed by atoms with Crippen LogP contribution in [-0.4, -0.2) is 50.5 Å². The zero-order valence-electron chi connectivity index (χ0n) is 22.0. The van der Waals surface area contributed by atoms with Crippen molar-refractivity contribution in [3.8, 4) is 17.2 Å². The predicted octanol–water partition coefficient (Wildman–Crippen LogP) is 2.37. The fourth-order valence-corrected chi connectivity index (χ4v) is 4.97. The molecule has 1 aromatic heterocycles. The van der Waals surface area contributed by atoms with Crippen LogP contribution in [0, 0.1) is 0 Å². The number of benzene rings is 2. The molecule has 0 spiro atoms. The lowest BCUT2D eigenvalue weighted by Crippen LogP contribution is -2.39. The highest BCUT2D eigenvalue weighted by Gasteiger charge is 2.31. The van der Waals surface area contributed by atoms with Crippen molar-refractivity contribution in [2.24, 2.45) is 4.99 Å². The highest BCUT2D eigenvalue weighted by molar-refractivity contribution is 7.07. The molecule has 2 heterocycles. The quantitative estimate of drug-likeness (QED) is 0.352. The van der Waals surface area contributed by atoms with Gasteiger partial charge in [0, 0.05) is 6.20 Å². The lowest BCUT2D eigenvalue weighted by atomic mass is 9.97. The lowest BCUT2D eigenvalue weighted by molar-refractivity contribution is -0.143. The summed E-state index contributed by atoms with van der Waals surface area (Å²) in [5.41, 5.74) is 1.30. The Bertz CT molecular complexity index is 1570. The summed E-state index contributed by atoms with van der Waals surface area (Å²) in [4.78, 5) is 42.5. The number of fused-ring (bicyclic) bond motifs is 1. The Balaban J connectivity index is 1.76. The van der Waals surface area contributed by atoms with Crippen molar-refractivity contribution in [1.82, 2.24) is 4.57 Å². The number of nitrogens with zero attached hydrogens (tertiary/aromatic N) is 2. The molecule has 0 unspecified atom stereocenters. The van der Waals surface area contributed by atoms with E-state index in [2.05, 4.69) is 9.73 Å². The topological polar surface area (TPSA) is 115 Å². The maximum absolute atomic E-state index is 13.7. The molecule has 11 heteroatoms. The van der Waals surface area contributed by atoms with Crippen molar-refractivity contribution in [3.05, 3.63) is 85.1 Å². The average Bonchev–Trinajstić information content (AvgIpc) is 3.27. The van der Waals surface area contributed by atoms with Crippen LogP contribution in [-0.2, 0) is 19.1 Å². The summed E-state index contributed by atoms with van der Waals surface area (Å²) < 4.78 is 28.3. The van der Waals surface area contributed by atoms with Crippen LogP contribution >= 0.6 is 11.3 Å². The van der Waals surface area contributed by atoms with Crippen molar-refractivity contribution in [1.29, 1.82) is 0 Å². The smallest absolute Gasteiger partial charge is 0.343 e. The van der Waals surface area contributed by atoms with Crippen molar-refractivity contribution in [2.45, 2.75) is 19.9 Å². The minimum absolute atomic E-state index is 0.201. The zero-order chi connectivity index (χ0) is 27.9. The Labute approximate surface area is 228 Å². The van der Waals surface area contributed by atoms with Crippen LogP contribution in [0.3, 0.4) is 0 Å². The molecular weight excluding hydrogens is 524 g/mol. The molecule has 1 aliphatic rings. The summed E-state index contributed by atoms with van der Waals surface area (Å²) in [5.74, 6) is 0.490. The molecule has 4 rings (SSSR count). The first kappa shape index (κ1) is 27.6. The van der Waals surface area contributed by atoms with Gasteiger partial charge >= 0.3 is 11.9 Å². The van der Waals surface area contributed by atoms with Gasteiger partial charge in [-0.25, -0.2) is 14.6 Å². The second-order valence-electron chi connectivity index (χ2n) is 8.18. The number of methoxy groups -OCH3 is 2. The van der Waals surface area contributed by atoms with Gasteiger partial charge in [-0.1, -0.05) is 29.5 Å². The molecule has 0 saturated carbocycles. The van der Waals surface area contributed by atoms with Gasteiger partial charge in [-0.3, -0.25) is 9.36 Å². The fraction of sp³-hybridized carbons (Fsp3) is 0.286. The third kappa shape index (κ3) is 6.04. The molecule has 10 nitrogen and oxygen atoms in total. The van der Waals surface area contributed by atoms with E-state index in [1.165, 1.54) is 36.3 Å². The molecule has 0 fully saturated rings. The largest absolute Gasteiger partial charge is 0.490 e. The van der Waals surface area contributed by atoms with Gasteiger partial charge in [-0.05, 0) is 55.3 Å². The summed E-state index contributed by atoms with van der Waals surface area (Å²) in [5, 5.41) is 0. The highest BCUT2D eigenvalue weighted by Crippen LogP contribution is 2.35. The number of aromatic nitrogens is 1. The van der Waals surface area contributed by atoms with E-state index in [9.17, 15) is 14.4 Å². The van der Waals surface area contributed by atoms with Crippen molar-refractivity contribution in [3.63, 3.8) is 0 Å². The molecule has 0 radical (unpaired) electrons. The molecule has 0 aliphatic carbocycles. The van der Waals surface area contributed by atoms with E-state index in [4.69, 9.17) is 18.9 Å². The van der Waals surface area contributed by atoms with Gasteiger partial charge in [0.25, 0.3) is 5.56 Å². The Morgan fingerprint density at radius 2 is 1.69 bits per heavy atom. The first-order valence-corrected chi connectivity index (χ1v) is 13.0. The number of thiazole rings is 1. The van der Waals surface area contributed by atoms with E-state index in [1.54, 1.807) is 48.5 Å². The maximum atomic E-state index is 13.7. The van der Waals surface area contributed by atoms with E-state index in [0.29, 0.717) is 45.4 Å². The van der Waals surface area contributed by atoms with Crippen LogP contribution < -0.4 is 29.1 Å². The molecule has 204 valence electrons. The van der Waals surface area contributed by atoms with Gasteiger partial charge in [0.15, 0.2) is 22.9 Å². The molecular formula is C28H28N2O8S. The predicted molar refractivity (Wildman–Crippen MR) is 144 cm³/mol. The Kier molecular flexibility index (Phi) is 8.82. The number of carbonyl (C=O) groups is 2. The second kappa shape index (κ2) is 12.4. The number of hydrogen-bond donors (Lipinski definition) is 0. The van der Waals surface area contributed by atoms with E-state index < -0.39 is 18.0 Å². The monoisotopic (exact) mass is 552 g/mol. The van der Waals surface area contributed by atoms with E-state index in [0.717, 1.165) is 5.56 Å². The number of esters is 2. The molecule has 3 aromatic rings. The summed E-state index contributed by atoms with van der Waals surface area (Å²) in [6, 6.07) is 11.5. The normalized spacial score (nSPS) is 14.5. The third-order valence-corrected chi connectivity index (χ3v) is 6.77. The molecule has 0 saturated heterocycles. The molecule has 39 heavy (non-hydrogen) atoms. The van der Waals surface area contributed by atoms with E-state index >= 15 is 0 Å². The summed E-state index contributed by atoms with van der Waals surface area (Å²) in [7, 11) is 2.57. The van der Waals surface area contributed by atoms with Crippen molar-refractivity contribution >= 4 is 29.4 Å². The number of ether oxygens (including phenoxy) is 5. The van der Waals surface area contributed by atoms with E-state index in [1.807, 2.05) is 13.8 Å². The molecule has 0 N–H and O–H groups in total. The summed E-state index contributed by atoms with van der Waals surface area (Å²) in [6.45, 7) is 4.42. The Morgan fingerprint density at radius 1 is 0.974 bits per heavy atom. The van der Waals surface area contributed by atoms with Crippen LogP contribution in [0.4, 0.5) is 0 Å². The first-order chi connectivity index (χ1) is 18.9. The first-order valence-electron chi connectivity index (χ1n) is 12.2. The molecule has 0 amide bonds. The Hall–Kier alpha value is -4.38. The van der Waals surface area contributed by atoms with Gasteiger partial charge in [0.05, 0.1) is 43.6 Å². The Morgan fingerprint density at radius 3 is 2.36 bits per heavy atom. The standard InChI is InChI=1S/C28H28N2O8S/c1-5-36-21-12-9-18(14-22(21)37-6-2)25-20(27(33)35-4)15-29-28-30(25)26(32)23(39-28)13-17-7-10-19(11-8-17)38-16-24(31)34-3/h7-15,25H,5-6,16H2,1-4H3/b23-13-/t25-/m0/s1. The molecule has 0 bridgehead atoms. The average molecular weight is 553 g/mol. The zero-order valence-corrected chi connectivity index (χ0v) is 22.8. The minimum atomic E-state index is -0.778. The second-order valence-corrected chi connectivity index (χ2v) is 9.19. The number of carbonyl (C=O) groups excluding carboxylic acids is 2. The third-order valence-electron chi connectivity index (χ3n) is 5.77. The maximum Gasteiger partial charge on any atom is 0.343 e. The number of hydrogen-bond acceptors (Lipinski definition) is 10. The lowest BCUT2D eigenvalue weighted by Gasteiger charge is -2.23. The van der Waals surface area contributed by atoms with Gasteiger partial charge in [0.1, 0.15) is 5.75 Å². The number of rotatable bonds is 10. The molecule has 2 aromatic carbocycles. The SMILES string of the molecule is CCOc1ccc([C@H]2C(C(=O)OC)=CN=c3s/c(=C\c4ccc(OCC(=O)OC)cc4)c(=O)n32)cc1OCC. The van der Waals surface area contributed by atoms with Gasteiger partial charge < -0.3 is 23.7 Å². The van der Waals surface area contributed by atoms with Crippen LogP contribution in [0.2, 0.25) is 0 Å². The molecule has 1 aliphatic heterocycles. The fourth-order valence-electron chi connectivity index (χ4n) is 4.00. The van der Waals surface area contributed by atoms with Crippen LogP contribution in [0.15, 0.2) is 64.0 Å². The van der Waals surface area contributed by atoms with Gasteiger partial charge in [-0.15, -0.1) is 0 Å². The molecule has 1 atom stereocenters. The van der Waals surface area contributed by atoms with Crippen LogP contribution in [0.5, 0.6) is 17.2 Å². The summed E-state index contributed by atoms with van der Waals surface area (Å²) in [6.07, 6.45) is 3.17. The highest BCUT2D eigenvalue weighted by atomic mass is 32.1. The minimum Gasteiger partial charge on any atom is -0.490 e. The van der Waals surface area contributed by atoms with E-state index in [-0.39, 0.29) is 17.7 Å².